The molecule has 0 amide bonds. The molecular weight excluding hydrogens is 310 g/mol. The quantitative estimate of drug-likeness (QED) is 0.822. The van der Waals surface area contributed by atoms with Crippen LogP contribution in [0.5, 0.6) is 0 Å². The van der Waals surface area contributed by atoms with Crippen LogP contribution in [0.15, 0.2) is 48.5 Å². The van der Waals surface area contributed by atoms with Gasteiger partial charge in [0.15, 0.2) is 5.78 Å². The number of carbonyl (C=O) groups is 1. The van der Waals surface area contributed by atoms with E-state index in [1.54, 1.807) is 24.3 Å². The molecule has 0 aromatic heterocycles. The zero-order valence-electron chi connectivity index (χ0n) is 12.9. The van der Waals surface area contributed by atoms with Crippen LogP contribution in [-0.2, 0) is 17.8 Å². The minimum atomic E-state index is 0.0997. The Bertz CT molecular complexity index is 646. The molecular formula is C19H20ClNO2. The molecule has 3 nitrogen and oxygen atoms in total. The first-order valence-electron chi connectivity index (χ1n) is 7.89. The fraction of sp³-hybridized carbons (Fsp3) is 0.316. The monoisotopic (exact) mass is 329 g/mol. The van der Waals surface area contributed by atoms with Crippen LogP contribution in [0.3, 0.4) is 0 Å². The number of carbonyl (C=O) groups excluding carboxylic acids is 1. The molecule has 1 heterocycles. The van der Waals surface area contributed by atoms with E-state index in [4.69, 9.17) is 16.3 Å². The maximum Gasteiger partial charge on any atom is 0.167 e. The van der Waals surface area contributed by atoms with Crippen molar-refractivity contribution in [2.75, 3.05) is 13.1 Å². The fourth-order valence-electron chi connectivity index (χ4n) is 2.66. The van der Waals surface area contributed by atoms with E-state index in [-0.39, 0.29) is 5.78 Å². The number of hydrogen-bond acceptors (Lipinski definition) is 3. The van der Waals surface area contributed by atoms with Crippen LogP contribution in [0.4, 0.5) is 0 Å². The van der Waals surface area contributed by atoms with Crippen LogP contribution in [-0.4, -0.2) is 25.0 Å². The average Bonchev–Trinajstić information content (AvgIpc) is 3.08. The van der Waals surface area contributed by atoms with Gasteiger partial charge in [0.1, 0.15) is 0 Å². The largest absolute Gasteiger partial charge is 0.372 e. The first kappa shape index (κ1) is 16.2. The van der Waals surface area contributed by atoms with Gasteiger partial charge in [-0.3, -0.25) is 4.79 Å². The Balaban J connectivity index is 1.54. The summed E-state index contributed by atoms with van der Waals surface area (Å²) in [5, 5.41) is 3.93. The third-order valence-electron chi connectivity index (χ3n) is 4.05. The van der Waals surface area contributed by atoms with Gasteiger partial charge in [-0.2, -0.15) is 0 Å². The van der Waals surface area contributed by atoms with Crippen molar-refractivity contribution in [2.45, 2.75) is 25.6 Å². The van der Waals surface area contributed by atoms with Gasteiger partial charge in [-0.15, -0.1) is 0 Å². The molecule has 0 saturated carbocycles. The standard InChI is InChI=1S/C19H20ClNO2/c20-17-7-5-16(6-8-17)19(22)11-14-1-3-15(4-2-14)13-23-18-9-10-21-12-18/h1-8,18,21H,9-13H2. The third-order valence-corrected chi connectivity index (χ3v) is 4.31. The molecule has 120 valence electrons. The molecule has 1 atom stereocenters. The van der Waals surface area contributed by atoms with Crippen molar-refractivity contribution in [1.82, 2.24) is 5.32 Å². The number of halogens is 1. The molecule has 4 heteroatoms. The number of rotatable bonds is 6. The summed E-state index contributed by atoms with van der Waals surface area (Å²) in [7, 11) is 0. The predicted molar refractivity (Wildman–Crippen MR) is 92.0 cm³/mol. The van der Waals surface area contributed by atoms with Crippen LogP contribution in [0.25, 0.3) is 0 Å². The Morgan fingerprint density at radius 2 is 1.78 bits per heavy atom. The van der Waals surface area contributed by atoms with Crippen LogP contribution in [0.1, 0.15) is 27.9 Å². The number of hydrogen-bond donors (Lipinski definition) is 1. The minimum Gasteiger partial charge on any atom is -0.372 e. The Hall–Kier alpha value is -1.68. The predicted octanol–water partition coefficient (Wildman–Crippen LogP) is 3.64. The maximum atomic E-state index is 12.2. The smallest absolute Gasteiger partial charge is 0.167 e. The lowest BCUT2D eigenvalue weighted by molar-refractivity contribution is 0.0542. The molecule has 1 aliphatic heterocycles. The molecule has 2 aromatic rings. The summed E-state index contributed by atoms with van der Waals surface area (Å²) in [4.78, 5) is 12.2. The molecule has 0 bridgehead atoms. The molecule has 0 radical (unpaired) electrons. The van der Waals surface area contributed by atoms with Crippen LogP contribution in [0.2, 0.25) is 5.02 Å². The lowest BCUT2D eigenvalue weighted by Gasteiger charge is -2.10. The van der Waals surface area contributed by atoms with E-state index in [9.17, 15) is 4.79 Å². The third kappa shape index (κ3) is 4.64. The molecule has 1 fully saturated rings. The second-order valence-electron chi connectivity index (χ2n) is 5.85. The molecule has 1 N–H and O–H groups in total. The second kappa shape index (κ2) is 7.73. The summed E-state index contributed by atoms with van der Waals surface area (Å²) < 4.78 is 5.85. The molecule has 0 spiro atoms. The van der Waals surface area contributed by atoms with Gasteiger partial charge in [0, 0.05) is 23.6 Å². The topological polar surface area (TPSA) is 38.3 Å². The Morgan fingerprint density at radius 3 is 2.43 bits per heavy atom. The first-order valence-corrected chi connectivity index (χ1v) is 8.27. The highest BCUT2D eigenvalue weighted by Crippen LogP contribution is 2.14. The lowest BCUT2D eigenvalue weighted by Crippen LogP contribution is -2.16. The average molecular weight is 330 g/mol. The SMILES string of the molecule is O=C(Cc1ccc(COC2CCNC2)cc1)c1ccc(Cl)cc1. The normalized spacial score (nSPS) is 17.3. The molecule has 3 rings (SSSR count). The van der Waals surface area contributed by atoms with Crippen LogP contribution in [0, 0.1) is 0 Å². The van der Waals surface area contributed by atoms with Crippen molar-refractivity contribution in [3.8, 4) is 0 Å². The number of ether oxygens (including phenoxy) is 1. The van der Waals surface area contributed by atoms with E-state index in [1.165, 1.54) is 0 Å². The molecule has 1 saturated heterocycles. The van der Waals surface area contributed by atoms with Gasteiger partial charge in [-0.05, 0) is 48.4 Å². The van der Waals surface area contributed by atoms with Gasteiger partial charge < -0.3 is 10.1 Å². The Kier molecular flexibility index (Phi) is 5.44. The number of nitrogens with one attached hydrogen (secondary N) is 1. The van der Waals surface area contributed by atoms with E-state index in [2.05, 4.69) is 5.32 Å². The van der Waals surface area contributed by atoms with Crippen molar-refractivity contribution in [1.29, 1.82) is 0 Å². The summed E-state index contributed by atoms with van der Waals surface area (Å²) in [5.41, 5.74) is 2.84. The highest BCUT2D eigenvalue weighted by atomic mass is 35.5. The van der Waals surface area contributed by atoms with Crippen molar-refractivity contribution >= 4 is 17.4 Å². The van der Waals surface area contributed by atoms with Crippen molar-refractivity contribution in [2.24, 2.45) is 0 Å². The Labute approximate surface area is 141 Å². The van der Waals surface area contributed by atoms with Gasteiger partial charge in [0.25, 0.3) is 0 Å². The van der Waals surface area contributed by atoms with Gasteiger partial charge in [0.2, 0.25) is 0 Å². The maximum absolute atomic E-state index is 12.2. The highest BCUT2D eigenvalue weighted by Gasteiger charge is 2.14. The van der Waals surface area contributed by atoms with Gasteiger partial charge in [-0.25, -0.2) is 0 Å². The van der Waals surface area contributed by atoms with E-state index < -0.39 is 0 Å². The minimum absolute atomic E-state index is 0.0997. The summed E-state index contributed by atoms with van der Waals surface area (Å²) in [6, 6.07) is 15.1. The second-order valence-corrected chi connectivity index (χ2v) is 6.29. The first-order chi connectivity index (χ1) is 11.2. The summed E-state index contributed by atoms with van der Waals surface area (Å²) in [5.74, 6) is 0.0997. The molecule has 1 unspecified atom stereocenters. The van der Waals surface area contributed by atoms with E-state index in [1.807, 2.05) is 24.3 Å². The Morgan fingerprint density at radius 1 is 1.09 bits per heavy atom. The van der Waals surface area contributed by atoms with E-state index in [0.29, 0.717) is 29.7 Å². The molecule has 2 aromatic carbocycles. The summed E-state index contributed by atoms with van der Waals surface area (Å²) in [6.45, 7) is 2.60. The molecule has 23 heavy (non-hydrogen) atoms. The number of benzene rings is 2. The van der Waals surface area contributed by atoms with Crippen LogP contribution < -0.4 is 5.32 Å². The van der Waals surface area contributed by atoms with Crippen molar-refractivity contribution in [3.63, 3.8) is 0 Å². The summed E-state index contributed by atoms with van der Waals surface area (Å²) >= 11 is 5.84. The zero-order chi connectivity index (χ0) is 16.1. The van der Waals surface area contributed by atoms with Crippen molar-refractivity contribution < 1.29 is 9.53 Å². The van der Waals surface area contributed by atoms with Gasteiger partial charge >= 0.3 is 0 Å². The van der Waals surface area contributed by atoms with Gasteiger partial charge in [0.05, 0.1) is 12.7 Å². The highest BCUT2D eigenvalue weighted by molar-refractivity contribution is 6.30. The summed E-state index contributed by atoms with van der Waals surface area (Å²) in [6.07, 6.45) is 1.80. The van der Waals surface area contributed by atoms with Crippen molar-refractivity contribution in [3.05, 3.63) is 70.2 Å². The number of ketones is 1. The van der Waals surface area contributed by atoms with Crippen LogP contribution >= 0.6 is 11.6 Å². The lowest BCUT2D eigenvalue weighted by atomic mass is 10.0. The van der Waals surface area contributed by atoms with Gasteiger partial charge in [-0.1, -0.05) is 35.9 Å². The van der Waals surface area contributed by atoms with E-state index >= 15 is 0 Å². The van der Waals surface area contributed by atoms with E-state index in [0.717, 1.165) is 30.6 Å². The number of Topliss-reactive ketones (excluding diaryl/α,β-unsaturated/α-hetero) is 1. The zero-order valence-corrected chi connectivity index (χ0v) is 13.7. The fourth-order valence-corrected chi connectivity index (χ4v) is 2.79. The molecule has 0 aliphatic carbocycles. The molecule has 1 aliphatic rings.